The van der Waals surface area contributed by atoms with Gasteiger partial charge in [-0.2, -0.15) is 18.2 Å². The Morgan fingerprint density at radius 2 is 2.18 bits per heavy atom. The Labute approximate surface area is 60.2 Å². The van der Waals surface area contributed by atoms with E-state index in [-0.39, 0.29) is 6.01 Å². The third-order valence-corrected chi connectivity index (χ3v) is 1.01. The van der Waals surface area contributed by atoms with Gasteiger partial charge in [-0.3, -0.25) is 0 Å². The minimum Gasteiger partial charge on any atom is -0.432 e. The molecule has 1 heterocycles. The van der Waals surface area contributed by atoms with Gasteiger partial charge < -0.3 is 9.73 Å². The molecule has 1 rings (SSSR count). The van der Waals surface area contributed by atoms with Crippen LogP contribution < -0.4 is 5.32 Å². The summed E-state index contributed by atoms with van der Waals surface area (Å²) in [7, 11) is 1.42. The number of hydrogen-bond acceptors (Lipinski definition) is 3. The first kappa shape index (κ1) is 7.90. The van der Waals surface area contributed by atoms with E-state index in [1.54, 1.807) is 0 Å². The molecule has 0 aromatic carbocycles. The summed E-state index contributed by atoms with van der Waals surface area (Å²) in [5.74, 6) is 0. The molecule has 0 bridgehead atoms. The molecule has 0 saturated carbocycles. The van der Waals surface area contributed by atoms with Gasteiger partial charge in [-0.1, -0.05) is 0 Å². The van der Waals surface area contributed by atoms with Crippen LogP contribution in [0, 0.1) is 0 Å². The van der Waals surface area contributed by atoms with E-state index in [0.717, 1.165) is 0 Å². The van der Waals surface area contributed by atoms with Crippen LogP contribution in [-0.4, -0.2) is 12.0 Å². The Kier molecular flexibility index (Phi) is 1.76. The Bertz CT molecular complexity index is 242. The fraction of sp³-hybridized carbons (Fsp3) is 0.400. The van der Waals surface area contributed by atoms with E-state index in [0.29, 0.717) is 6.26 Å². The van der Waals surface area contributed by atoms with Crippen LogP contribution in [0.2, 0.25) is 0 Å². The van der Waals surface area contributed by atoms with Gasteiger partial charge in [0.2, 0.25) is 0 Å². The number of alkyl halides is 3. The number of oxazole rings is 1. The van der Waals surface area contributed by atoms with Gasteiger partial charge in [0.15, 0.2) is 5.69 Å². The monoisotopic (exact) mass is 166 g/mol. The maximum Gasteiger partial charge on any atom is 0.436 e. The maximum absolute atomic E-state index is 11.8. The molecule has 0 fully saturated rings. The molecule has 1 aromatic rings. The van der Waals surface area contributed by atoms with Crippen LogP contribution in [-0.2, 0) is 6.18 Å². The molecule has 3 nitrogen and oxygen atoms in total. The van der Waals surface area contributed by atoms with Crippen molar-refractivity contribution in [1.82, 2.24) is 4.98 Å². The van der Waals surface area contributed by atoms with Crippen molar-refractivity contribution in [3.05, 3.63) is 12.0 Å². The molecular weight excluding hydrogens is 161 g/mol. The van der Waals surface area contributed by atoms with Gasteiger partial charge in [-0.15, -0.1) is 0 Å². The van der Waals surface area contributed by atoms with Gasteiger partial charge in [0.1, 0.15) is 6.26 Å². The van der Waals surface area contributed by atoms with Gasteiger partial charge >= 0.3 is 6.18 Å². The molecule has 0 spiro atoms. The highest BCUT2D eigenvalue weighted by molar-refractivity contribution is 5.20. The van der Waals surface area contributed by atoms with Crippen molar-refractivity contribution in [1.29, 1.82) is 0 Å². The van der Waals surface area contributed by atoms with Crippen molar-refractivity contribution in [3.8, 4) is 0 Å². The highest BCUT2D eigenvalue weighted by Gasteiger charge is 2.34. The Hall–Kier alpha value is -1.20. The molecule has 0 aliphatic carbocycles. The topological polar surface area (TPSA) is 38.1 Å². The number of halogens is 3. The van der Waals surface area contributed by atoms with Crippen molar-refractivity contribution < 1.29 is 17.6 Å². The predicted octanol–water partition coefficient (Wildman–Crippen LogP) is 1.74. The lowest BCUT2D eigenvalue weighted by Crippen LogP contribution is -2.05. The zero-order chi connectivity index (χ0) is 8.48. The molecule has 0 atom stereocenters. The molecule has 0 amide bonds. The van der Waals surface area contributed by atoms with Crippen molar-refractivity contribution in [2.24, 2.45) is 0 Å². The Balaban J connectivity index is 2.89. The van der Waals surface area contributed by atoms with Crippen molar-refractivity contribution in [2.45, 2.75) is 6.18 Å². The summed E-state index contributed by atoms with van der Waals surface area (Å²) >= 11 is 0. The lowest BCUT2D eigenvalue weighted by molar-refractivity contribution is -0.141. The number of nitrogens with zero attached hydrogens (tertiary/aromatic N) is 1. The van der Waals surface area contributed by atoms with Crippen LogP contribution in [0.3, 0.4) is 0 Å². The molecule has 0 aliphatic rings. The average Bonchev–Trinajstić information content (AvgIpc) is 2.32. The highest BCUT2D eigenvalue weighted by Crippen LogP contribution is 2.28. The fourth-order valence-electron chi connectivity index (χ4n) is 0.519. The zero-order valence-corrected chi connectivity index (χ0v) is 5.57. The third kappa shape index (κ3) is 1.63. The van der Waals surface area contributed by atoms with Crippen LogP contribution in [0.4, 0.5) is 19.2 Å². The van der Waals surface area contributed by atoms with Crippen LogP contribution in [0.1, 0.15) is 5.69 Å². The highest BCUT2D eigenvalue weighted by atomic mass is 19.4. The molecule has 0 unspecified atom stereocenters. The van der Waals surface area contributed by atoms with Crippen LogP contribution in [0.15, 0.2) is 10.7 Å². The molecular formula is C5H5F3N2O. The summed E-state index contributed by atoms with van der Waals surface area (Å²) < 4.78 is 39.8. The number of anilines is 1. The number of aromatic nitrogens is 1. The summed E-state index contributed by atoms with van der Waals surface area (Å²) in [6.45, 7) is 0. The molecule has 0 radical (unpaired) electrons. The predicted molar refractivity (Wildman–Crippen MR) is 31.1 cm³/mol. The minimum atomic E-state index is -4.43. The number of rotatable bonds is 1. The van der Waals surface area contributed by atoms with Crippen molar-refractivity contribution in [3.63, 3.8) is 0 Å². The first-order valence-corrected chi connectivity index (χ1v) is 2.74. The van der Waals surface area contributed by atoms with Crippen LogP contribution in [0.25, 0.3) is 0 Å². The maximum atomic E-state index is 11.8. The number of nitrogens with one attached hydrogen (secondary N) is 1. The molecule has 6 heteroatoms. The fourth-order valence-corrected chi connectivity index (χ4v) is 0.519. The summed E-state index contributed by atoms with van der Waals surface area (Å²) in [5.41, 5.74) is -1.03. The molecule has 1 N–H and O–H groups in total. The second kappa shape index (κ2) is 2.44. The van der Waals surface area contributed by atoms with Gasteiger partial charge in [0.25, 0.3) is 6.01 Å². The van der Waals surface area contributed by atoms with E-state index >= 15 is 0 Å². The smallest absolute Gasteiger partial charge is 0.432 e. The largest absolute Gasteiger partial charge is 0.436 e. The van der Waals surface area contributed by atoms with Gasteiger partial charge in [-0.05, 0) is 0 Å². The third-order valence-electron chi connectivity index (χ3n) is 1.01. The zero-order valence-electron chi connectivity index (χ0n) is 5.57. The van der Waals surface area contributed by atoms with Crippen LogP contribution >= 0.6 is 0 Å². The lowest BCUT2D eigenvalue weighted by Gasteiger charge is -1.97. The summed E-state index contributed by atoms with van der Waals surface area (Å²) in [6, 6.07) is -0.141. The second-order valence-electron chi connectivity index (χ2n) is 1.79. The lowest BCUT2D eigenvalue weighted by atomic mass is 10.5. The van der Waals surface area contributed by atoms with E-state index in [9.17, 15) is 13.2 Å². The van der Waals surface area contributed by atoms with Crippen molar-refractivity contribution in [2.75, 3.05) is 12.4 Å². The average molecular weight is 166 g/mol. The van der Waals surface area contributed by atoms with E-state index in [4.69, 9.17) is 0 Å². The van der Waals surface area contributed by atoms with Crippen molar-refractivity contribution >= 4 is 6.01 Å². The Morgan fingerprint density at radius 1 is 1.55 bits per heavy atom. The standard InChI is InChI=1S/C5H5F3N2O/c1-9-4-10-3(2-11-4)5(6,7)8/h2H,1H3,(H,9,10). The van der Waals surface area contributed by atoms with E-state index in [1.807, 2.05) is 0 Å². The first-order chi connectivity index (χ1) is 5.04. The van der Waals surface area contributed by atoms with E-state index < -0.39 is 11.9 Å². The second-order valence-corrected chi connectivity index (χ2v) is 1.79. The van der Waals surface area contributed by atoms with Gasteiger partial charge in [0, 0.05) is 7.05 Å². The number of hydrogen-bond donors (Lipinski definition) is 1. The molecule has 62 valence electrons. The molecule has 11 heavy (non-hydrogen) atoms. The van der Waals surface area contributed by atoms with Gasteiger partial charge in [-0.25, -0.2) is 0 Å². The van der Waals surface area contributed by atoms with Crippen LogP contribution in [0.5, 0.6) is 0 Å². The summed E-state index contributed by atoms with van der Waals surface area (Å²) in [4.78, 5) is 3.10. The minimum absolute atomic E-state index is 0.141. The molecule has 0 saturated heterocycles. The van der Waals surface area contributed by atoms with E-state index in [1.165, 1.54) is 7.05 Å². The Morgan fingerprint density at radius 3 is 2.45 bits per heavy atom. The SMILES string of the molecule is CNc1nc(C(F)(F)F)co1. The normalized spacial score (nSPS) is 11.6. The van der Waals surface area contributed by atoms with Gasteiger partial charge in [0.05, 0.1) is 0 Å². The van der Waals surface area contributed by atoms with E-state index in [2.05, 4.69) is 14.7 Å². The summed E-state index contributed by atoms with van der Waals surface area (Å²) in [5, 5.41) is 2.34. The summed E-state index contributed by atoms with van der Waals surface area (Å²) in [6.07, 6.45) is -3.87. The first-order valence-electron chi connectivity index (χ1n) is 2.74. The molecule has 0 aliphatic heterocycles. The quantitative estimate of drug-likeness (QED) is 0.690. The molecule has 1 aromatic heterocycles.